The van der Waals surface area contributed by atoms with Crippen molar-refractivity contribution in [3.05, 3.63) is 76.5 Å². The number of carbonyl (C=O) groups excluding carboxylic acids is 1. The Balaban J connectivity index is 1.31. The number of fused-ring (bicyclic) bond motifs is 2. The van der Waals surface area contributed by atoms with Crippen LogP contribution in [0.25, 0.3) is 21.8 Å². The monoisotopic (exact) mass is 360 g/mol. The van der Waals surface area contributed by atoms with Gasteiger partial charge in [-0.2, -0.15) is 0 Å². The summed E-state index contributed by atoms with van der Waals surface area (Å²) < 4.78 is 0. The highest BCUT2D eigenvalue weighted by atomic mass is 16.1. The Bertz CT molecular complexity index is 1160. The van der Waals surface area contributed by atoms with E-state index in [0.29, 0.717) is 42.5 Å². The number of carbonyl (C=O) groups is 1. The zero-order chi connectivity index (χ0) is 18.6. The van der Waals surface area contributed by atoms with E-state index in [9.17, 15) is 9.59 Å². The van der Waals surface area contributed by atoms with E-state index in [1.807, 2.05) is 42.6 Å². The smallest absolute Gasteiger partial charge is 0.258 e. The molecule has 0 atom stereocenters. The maximum atomic E-state index is 12.1. The first-order valence-corrected chi connectivity index (χ1v) is 9.00. The number of aromatic nitrogens is 3. The molecule has 0 saturated carbocycles. The van der Waals surface area contributed by atoms with E-state index in [4.69, 9.17) is 0 Å². The summed E-state index contributed by atoms with van der Waals surface area (Å²) in [6.07, 6.45) is 3.55. The van der Waals surface area contributed by atoms with E-state index in [1.165, 1.54) is 0 Å². The van der Waals surface area contributed by atoms with E-state index < -0.39 is 0 Å². The summed E-state index contributed by atoms with van der Waals surface area (Å²) in [5.74, 6) is 0.569. The summed E-state index contributed by atoms with van der Waals surface area (Å²) >= 11 is 0. The van der Waals surface area contributed by atoms with Crippen LogP contribution in [-0.4, -0.2) is 27.4 Å². The van der Waals surface area contributed by atoms with Crippen LogP contribution >= 0.6 is 0 Å². The molecule has 0 spiro atoms. The van der Waals surface area contributed by atoms with E-state index >= 15 is 0 Å². The van der Waals surface area contributed by atoms with Crippen LogP contribution in [0.15, 0.2) is 59.5 Å². The number of nitrogens with zero attached hydrogens (tertiary/aromatic N) is 1. The molecule has 1 amide bonds. The second kappa shape index (κ2) is 7.45. The summed E-state index contributed by atoms with van der Waals surface area (Å²) in [4.78, 5) is 34.6. The van der Waals surface area contributed by atoms with Crippen molar-refractivity contribution in [3.63, 3.8) is 0 Å². The van der Waals surface area contributed by atoms with Crippen LogP contribution in [0.2, 0.25) is 0 Å². The molecule has 0 unspecified atom stereocenters. The summed E-state index contributed by atoms with van der Waals surface area (Å²) in [6.45, 7) is 0.438. The maximum Gasteiger partial charge on any atom is 0.258 e. The zero-order valence-corrected chi connectivity index (χ0v) is 14.8. The van der Waals surface area contributed by atoms with E-state index in [2.05, 4.69) is 26.3 Å². The van der Waals surface area contributed by atoms with Crippen molar-refractivity contribution in [2.24, 2.45) is 0 Å². The summed E-state index contributed by atoms with van der Waals surface area (Å²) in [7, 11) is 0. The summed E-state index contributed by atoms with van der Waals surface area (Å²) in [6, 6.07) is 15.3. The average molecular weight is 360 g/mol. The predicted molar refractivity (Wildman–Crippen MR) is 106 cm³/mol. The lowest BCUT2D eigenvalue weighted by molar-refractivity contribution is -0.121. The third-order valence-electron chi connectivity index (χ3n) is 4.64. The average Bonchev–Trinajstić information content (AvgIpc) is 3.10. The van der Waals surface area contributed by atoms with Crippen LogP contribution < -0.4 is 10.9 Å². The molecule has 0 aliphatic heterocycles. The fourth-order valence-electron chi connectivity index (χ4n) is 3.25. The molecular weight excluding hydrogens is 340 g/mol. The van der Waals surface area contributed by atoms with Crippen LogP contribution in [0.5, 0.6) is 0 Å². The fraction of sp³-hybridized carbons (Fsp3) is 0.190. The predicted octanol–water partition coefficient (Wildman–Crippen LogP) is 2.70. The van der Waals surface area contributed by atoms with Gasteiger partial charge in [-0.3, -0.25) is 9.59 Å². The number of amides is 1. The Kier molecular flexibility index (Phi) is 4.70. The first-order chi connectivity index (χ1) is 13.2. The Hall–Kier alpha value is -3.41. The van der Waals surface area contributed by atoms with Gasteiger partial charge in [-0.05, 0) is 30.2 Å². The summed E-state index contributed by atoms with van der Waals surface area (Å²) in [5, 5.41) is 4.63. The number of hydrogen-bond acceptors (Lipinski definition) is 3. The van der Waals surface area contributed by atoms with E-state index in [0.717, 1.165) is 16.5 Å². The van der Waals surface area contributed by atoms with Crippen molar-refractivity contribution < 1.29 is 4.79 Å². The quantitative estimate of drug-likeness (QED) is 0.494. The van der Waals surface area contributed by atoms with Gasteiger partial charge >= 0.3 is 0 Å². The molecular formula is C21H20N4O2. The molecule has 0 bridgehead atoms. The lowest BCUT2D eigenvalue weighted by atomic mass is 10.1. The lowest BCUT2D eigenvalue weighted by Crippen LogP contribution is -2.27. The minimum atomic E-state index is -0.152. The number of aryl methyl sites for hydroxylation is 1. The second-order valence-corrected chi connectivity index (χ2v) is 6.49. The molecule has 0 aliphatic rings. The number of benzene rings is 2. The number of hydrogen-bond donors (Lipinski definition) is 3. The zero-order valence-electron chi connectivity index (χ0n) is 14.8. The molecule has 4 rings (SSSR count). The molecule has 2 aromatic heterocycles. The van der Waals surface area contributed by atoms with Gasteiger partial charge in [0.05, 0.1) is 10.9 Å². The van der Waals surface area contributed by atoms with Crippen LogP contribution in [0.4, 0.5) is 0 Å². The van der Waals surface area contributed by atoms with Crippen molar-refractivity contribution in [2.75, 3.05) is 6.54 Å². The first kappa shape index (κ1) is 17.0. The third kappa shape index (κ3) is 3.74. The normalized spacial score (nSPS) is 11.1. The molecule has 2 aromatic carbocycles. The van der Waals surface area contributed by atoms with Crippen molar-refractivity contribution in [1.29, 1.82) is 0 Å². The Labute approximate surface area is 155 Å². The Morgan fingerprint density at radius 3 is 2.67 bits per heavy atom. The third-order valence-corrected chi connectivity index (χ3v) is 4.64. The highest BCUT2D eigenvalue weighted by molar-refractivity contribution is 5.84. The molecule has 136 valence electrons. The highest BCUT2D eigenvalue weighted by Gasteiger charge is 2.07. The molecule has 4 aromatic rings. The van der Waals surface area contributed by atoms with Crippen molar-refractivity contribution in [3.8, 4) is 0 Å². The van der Waals surface area contributed by atoms with E-state index in [-0.39, 0.29) is 11.5 Å². The molecule has 27 heavy (non-hydrogen) atoms. The Morgan fingerprint density at radius 2 is 1.78 bits per heavy atom. The highest BCUT2D eigenvalue weighted by Crippen LogP contribution is 2.18. The molecule has 3 N–H and O–H groups in total. The van der Waals surface area contributed by atoms with Gasteiger partial charge in [0.25, 0.3) is 5.56 Å². The van der Waals surface area contributed by atoms with Crippen LogP contribution in [0.3, 0.4) is 0 Å². The number of rotatable bonds is 6. The van der Waals surface area contributed by atoms with Gasteiger partial charge in [0.1, 0.15) is 5.82 Å². The molecule has 6 nitrogen and oxygen atoms in total. The lowest BCUT2D eigenvalue weighted by Gasteiger charge is -2.06. The van der Waals surface area contributed by atoms with Gasteiger partial charge in [-0.1, -0.05) is 30.3 Å². The SMILES string of the molecule is O=C(CCc1c[nH]c2ccccc12)NCCc1nc2ccccc2c(=O)[nH]1. The van der Waals surface area contributed by atoms with Crippen LogP contribution in [0.1, 0.15) is 17.8 Å². The fourth-order valence-corrected chi connectivity index (χ4v) is 3.25. The topological polar surface area (TPSA) is 90.6 Å². The van der Waals surface area contributed by atoms with Gasteiger partial charge in [0.15, 0.2) is 0 Å². The van der Waals surface area contributed by atoms with Crippen molar-refractivity contribution >= 4 is 27.7 Å². The minimum absolute atomic E-state index is 0.0107. The van der Waals surface area contributed by atoms with Crippen LogP contribution in [0, 0.1) is 0 Å². The molecule has 0 radical (unpaired) electrons. The number of H-pyrrole nitrogens is 2. The van der Waals surface area contributed by atoms with Crippen molar-refractivity contribution in [2.45, 2.75) is 19.3 Å². The Morgan fingerprint density at radius 1 is 1.00 bits per heavy atom. The molecule has 0 fully saturated rings. The first-order valence-electron chi connectivity index (χ1n) is 9.00. The number of aromatic amines is 2. The van der Waals surface area contributed by atoms with E-state index in [1.54, 1.807) is 6.07 Å². The van der Waals surface area contributed by atoms with Gasteiger partial charge in [-0.15, -0.1) is 0 Å². The largest absolute Gasteiger partial charge is 0.361 e. The number of nitrogens with one attached hydrogen (secondary N) is 3. The van der Waals surface area contributed by atoms with Gasteiger partial charge < -0.3 is 15.3 Å². The number of para-hydroxylation sites is 2. The standard InChI is InChI=1S/C21H20N4O2/c26-20(10-9-14-13-23-17-7-3-1-5-15(14)17)22-12-11-19-24-18-8-4-2-6-16(18)21(27)25-19/h1-8,13,23H,9-12H2,(H,22,26)(H,24,25,27). The van der Waals surface area contributed by atoms with Crippen LogP contribution in [-0.2, 0) is 17.6 Å². The molecule has 2 heterocycles. The molecule has 0 saturated heterocycles. The van der Waals surface area contributed by atoms with Gasteiger partial charge in [-0.25, -0.2) is 4.98 Å². The molecule has 0 aliphatic carbocycles. The minimum Gasteiger partial charge on any atom is -0.361 e. The summed E-state index contributed by atoms with van der Waals surface area (Å²) in [5.41, 5.74) is 2.74. The van der Waals surface area contributed by atoms with Gasteiger partial charge in [0.2, 0.25) is 5.91 Å². The second-order valence-electron chi connectivity index (χ2n) is 6.49. The van der Waals surface area contributed by atoms with Gasteiger partial charge in [0, 0.05) is 36.5 Å². The maximum absolute atomic E-state index is 12.1. The molecule has 6 heteroatoms. The van der Waals surface area contributed by atoms with Crippen molar-refractivity contribution in [1.82, 2.24) is 20.3 Å².